The fraction of sp³-hybridized carbons (Fsp3) is 0.0811. The summed E-state index contributed by atoms with van der Waals surface area (Å²) in [5.74, 6) is -5.01. The number of aromatic nitrogens is 2. The maximum Gasteiger partial charge on any atom is 0.367 e. The van der Waals surface area contributed by atoms with Crippen LogP contribution in [-0.4, -0.2) is 53.3 Å². The Morgan fingerprint density at radius 2 is 0.630 bits per heavy atom. The van der Waals surface area contributed by atoms with Crippen molar-refractivity contribution in [1.29, 1.82) is 0 Å². The van der Waals surface area contributed by atoms with E-state index in [1.807, 2.05) is 97.1 Å². The summed E-state index contributed by atoms with van der Waals surface area (Å²) >= 11 is 26.9. The van der Waals surface area contributed by atoms with E-state index in [9.17, 15) is 0 Å². The van der Waals surface area contributed by atoms with Crippen LogP contribution in [0.3, 0.4) is 0 Å². The van der Waals surface area contributed by atoms with Gasteiger partial charge in [-0.2, -0.15) is 0 Å². The van der Waals surface area contributed by atoms with Crippen LogP contribution in [0.2, 0.25) is 0 Å². The molecule has 0 amide bonds. The third-order valence-electron chi connectivity index (χ3n) is 16.4. The molecule has 15 rings (SSSR count). The Labute approximate surface area is 555 Å². The molecule has 2 aliphatic carbocycles. The molecule has 12 nitrogen and oxygen atoms in total. The Bertz CT molecular complexity index is 4520. The number of benzene rings is 9. The van der Waals surface area contributed by atoms with Crippen LogP contribution in [-0.2, 0) is 75.8 Å². The molecule has 0 unspecified atom stereocenters. The van der Waals surface area contributed by atoms with E-state index in [0.29, 0.717) is 62.9 Å². The van der Waals surface area contributed by atoms with Crippen molar-refractivity contribution in [2.45, 2.75) is 37.6 Å². The van der Waals surface area contributed by atoms with Crippen LogP contribution in [0.15, 0.2) is 217 Å². The van der Waals surface area contributed by atoms with Gasteiger partial charge in [-0.3, -0.25) is 0 Å². The number of hydrogen-bond donors (Lipinski definition) is 0. The first-order valence-corrected chi connectivity index (χ1v) is 32.2. The largest absolute Gasteiger partial charge is 0.457 e. The van der Waals surface area contributed by atoms with Crippen molar-refractivity contribution in [3.05, 3.63) is 283 Å². The zero-order valence-electron chi connectivity index (χ0n) is 48.0. The van der Waals surface area contributed by atoms with Gasteiger partial charge in [-0.1, -0.05) is 219 Å². The molecule has 9 aromatic carbocycles. The second-order valence-electron chi connectivity index (χ2n) is 22.1. The highest BCUT2D eigenvalue weighted by Gasteiger charge is 2.63. The third-order valence-corrected chi connectivity index (χ3v) is 20.2. The Morgan fingerprint density at radius 1 is 0.370 bits per heavy atom. The van der Waals surface area contributed by atoms with Crippen molar-refractivity contribution < 1.29 is 47.6 Å². The molecule has 4 aliphatic rings. The Hall–Kier alpha value is -9.92. The van der Waals surface area contributed by atoms with Gasteiger partial charge in [0.15, 0.2) is 0 Å². The summed E-state index contributed by atoms with van der Waals surface area (Å²) < 4.78 is 38.7. The van der Waals surface area contributed by atoms with Crippen molar-refractivity contribution in [3.63, 3.8) is 0 Å². The van der Waals surface area contributed by atoms with E-state index in [0.717, 1.165) is 66.5 Å². The first-order valence-electron chi connectivity index (χ1n) is 29.0. The molecule has 11 aromatic rings. The molecular formula is C74H44N2O10S6. The number of allylic oxidation sites excluding steroid dienone is 2. The van der Waals surface area contributed by atoms with Gasteiger partial charge in [0.25, 0.3) is 0 Å². The minimum absolute atomic E-state index is 0.0836. The summed E-state index contributed by atoms with van der Waals surface area (Å²) in [6, 6.07) is 62.8. The third kappa shape index (κ3) is 10.2. The van der Waals surface area contributed by atoms with Crippen molar-refractivity contribution in [2.75, 3.05) is 0 Å². The van der Waals surface area contributed by atoms with Gasteiger partial charge in [-0.05, 0) is 92.3 Å². The Kier molecular flexibility index (Phi) is 15.1. The highest BCUT2D eigenvalue weighted by molar-refractivity contribution is 7.84. The number of hydrogen-bond acceptors (Lipinski definition) is 18. The van der Waals surface area contributed by atoms with Crippen molar-refractivity contribution in [2.24, 2.45) is 0 Å². The molecule has 0 saturated carbocycles. The number of nitrogens with zero attached hydrogens (tertiary/aromatic N) is 2. The SMILES string of the molecule is O=C(OCc1ccccc1)C1(C(=O)OCc2ccccc2)Oc2nc(C=C3C(=S)c4cc5ccccc5cc4C3=S)sc2-c2cc3c(cc21)-c1sc(C=C2C(=S)c4cc5ccccc5cc4C2=S)nc1OC3(C(=O)OCc1ccccc1)C(=O)OCc1ccccc1. The van der Waals surface area contributed by atoms with Gasteiger partial charge < -0.3 is 28.4 Å². The van der Waals surface area contributed by atoms with E-state index in [1.54, 1.807) is 109 Å². The van der Waals surface area contributed by atoms with E-state index in [1.165, 1.54) is 12.1 Å². The number of ether oxygens (including phenoxy) is 6. The standard InChI is InChI=1S/C74H44N2O10S6/c77-69(81-37-41-17-5-1-6-18-41)73(70(78)82-38-42-19-7-2-8-20-42)57-33-54-58(34-53(57)65-67(85-73)75-59(91-65)35-55-61(87)49-29-45-25-13-14-26-46(45)30-50(49)62(55)88)74(71(79)83-39-43-21-9-3-10-22-43,72(80)84-40-44-23-11-4-12-24-44)86-68-66(54)92-60(76-68)36-56-63(89)51-31-47-27-15-16-28-48(47)32-52(51)64(56)90/h1-36H,37-40H2. The minimum atomic E-state index is -2.80. The summed E-state index contributed by atoms with van der Waals surface area (Å²) in [7, 11) is 0. The quantitative estimate of drug-likeness (QED) is 0.0334. The van der Waals surface area contributed by atoms with Crippen LogP contribution in [0, 0.1) is 0 Å². The summed E-state index contributed by atoms with van der Waals surface area (Å²) in [5.41, 5.74) is 1.12. The zero-order valence-corrected chi connectivity index (χ0v) is 52.9. The van der Waals surface area contributed by atoms with E-state index in [-0.39, 0.29) is 70.2 Å². The molecule has 0 atom stereocenters. The molecule has 0 fully saturated rings. The van der Waals surface area contributed by atoms with Crippen molar-refractivity contribution in [1.82, 2.24) is 9.97 Å². The minimum Gasteiger partial charge on any atom is -0.457 e. The lowest BCUT2D eigenvalue weighted by atomic mass is 9.79. The first-order chi connectivity index (χ1) is 44.8. The summed E-state index contributed by atoms with van der Waals surface area (Å²) in [4.78, 5) is 75.8. The average molecular weight is 1310 g/mol. The number of rotatable bonds is 14. The van der Waals surface area contributed by atoms with Crippen LogP contribution in [0.4, 0.5) is 0 Å². The molecule has 0 N–H and O–H groups in total. The fourth-order valence-corrected chi connectivity index (χ4v) is 15.2. The van der Waals surface area contributed by atoms with Gasteiger partial charge in [0, 0.05) is 55.7 Å². The molecular weight excluding hydrogens is 1270 g/mol. The summed E-state index contributed by atoms with van der Waals surface area (Å²) in [6.45, 7) is -1.16. The van der Waals surface area contributed by atoms with Gasteiger partial charge in [0.2, 0.25) is 11.8 Å². The van der Waals surface area contributed by atoms with Gasteiger partial charge in [-0.25, -0.2) is 29.1 Å². The van der Waals surface area contributed by atoms with Crippen LogP contribution in [0.1, 0.15) is 65.6 Å². The van der Waals surface area contributed by atoms with Crippen molar-refractivity contribution >= 4 is 149 Å². The number of thiazole rings is 2. The lowest BCUT2D eigenvalue weighted by Crippen LogP contribution is -2.54. The fourth-order valence-electron chi connectivity index (χ4n) is 11.8. The molecule has 0 saturated heterocycles. The number of carbonyl (C=O) groups is 4. The molecule has 18 heteroatoms. The monoisotopic (exact) mass is 1310 g/mol. The van der Waals surface area contributed by atoms with Gasteiger partial charge in [0.05, 0.1) is 29.2 Å². The van der Waals surface area contributed by atoms with E-state index in [2.05, 4.69) is 0 Å². The molecule has 4 heterocycles. The second-order valence-corrected chi connectivity index (χ2v) is 25.7. The smallest absolute Gasteiger partial charge is 0.367 e. The van der Waals surface area contributed by atoms with Crippen LogP contribution in [0.5, 0.6) is 11.8 Å². The average Bonchev–Trinajstić information content (AvgIpc) is 1.69. The lowest BCUT2D eigenvalue weighted by molar-refractivity contribution is -0.185. The summed E-state index contributed by atoms with van der Waals surface area (Å²) in [6.07, 6.45) is 3.50. The van der Waals surface area contributed by atoms with Gasteiger partial charge in [-0.15, -0.1) is 22.7 Å². The lowest BCUT2D eigenvalue weighted by Gasteiger charge is -2.38. The Morgan fingerprint density at radius 3 is 0.902 bits per heavy atom. The molecule has 446 valence electrons. The normalized spacial score (nSPS) is 14.4. The van der Waals surface area contributed by atoms with E-state index < -0.39 is 35.1 Å². The van der Waals surface area contributed by atoms with Crippen molar-refractivity contribution in [3.8, 4) is 32.6 Å². The number of fused-ring (bicyclic) bond motifs is 10. The second kappa shape index (κ2) is 23.7. The molecule has 0 bridgehead atoms. The maximum absolute atomic E-state index is 15.8. The van der Waals surface area contributed by atoms with E-state index in [4.69, 9.17) is 87.3 Å². The van der Waals surface area contributed by atoms with Crippen LogP contribution >= 0.6 is 71.5 Å². The molecule has 2 aromatic heterocycles. The highest BCUT2D eigenvalue weighted by atomic mass is 32.1. The zero-order chi connectivity index (χ0) is 62.8. The number of thiocarbonyl (C=S) groups is 4. The van der Waals surface area contributed by atoms with Gasteiger partial charge >= 0.3 is 35.1 Å². The molecule has 0 spiro atoms. The van der Waals surface area contributed by atoms with E-state index >= 15 is 19.2 Å². The maximum atomic E-state index is 15.8. The topological polar surface area (TPSA) is 149 Å². The first kappa shape index (κ1) is 58.5. The highest BCUT2D eigenvalue weighted by Crippen LogP contribution is 2.57. The van der Waals surface area contributed by atoms with Crippen LogP contribution < -0.4 is 9.47 Å². The Balaban J connectivity index is 0.956. The molecule has 2 aliphatic heterocycles. The van der Waals surface area contributed by atoms with Crippen LogP contribution in [0.25, 0.3) is 54.6 Å². The predicted molar refractivity (Wildman–Crippen MR) is 369 cm³/mol. The van der Waals surface area contributed by atoms with Gasteiger partial charge in [0.1, 0.15) is 36.4 Å². The predicted octanol–water partition coefficient (Wildman–Crippen LogP) is 15.5. The molecule has 0 radical (unpaired) electrons. The summed E-state index contributed by atoms with van der Waals surface area (Å²) in [5, 5.41) is 4.57. The number of esters is 4. The number of carbonyl (C=O) groups excluding carboxylic acids is 4. The molecule has 92 heavy (non-hydrogen) atoms.